The van der Waals surface area contributed by atoms with Crippen molar-refractivity contribution in [3.8, 4) is 22.5 Å². The molecule has 2 saturated heterocycles. The molecule has 2 aromatic heterocycles. The minimum atomic E-state index is -0.914. The summed E-state index contributed by atoms with van der Waals surface area (Å²) in [4.78, 5) is 46.6. The number of aromatic amines is 1. The number of amides is 3. The lowest BCUT2D eigenvalue weighted by atomic mass is 9.81. The molecule has 7 rings (SSSR count). The Morgan fingerprint density at radius 3 is 2.21 bits per heavy atom. The molecule has 1 aliphatic carbocycles. The smallest absolute Gasteiger partial charge is 0.270 e. The minimum absolute atomic E-state index is 0. The number of hydrogen-bond donors (Lipinski definition) is 5. The standard InChI is InChI=1S/C38H46N10O3.ClH/c1-22-16-33(37(50)43-30-18-28-12-13-29(19-30)42-28)41-21-32(22)25-6-2-23(3-7-25)17-34(35(40)49)48(38(51)27-8-4-24(20-39)5-9-27)31-14-10-26(11-15-31)36-44-46-47-45-36;/h2-3,6-7,10-11,14-16,21,24,27-30,34,42H,4-5,8-9,12-13,17-20,39H2,1H3,(H2,40,49)(H,43,50)(H,44,45,46,47);1H/t24?,27?,28-,29+,30?,34-;/m0./s1. The van der Waals surface area contributed by atoms with Crippen molar-refractivity contribution in [2.75, 3.05) is 11.4 Å². The number of rotatable bonds is 11. The number of fused-ring (bicyclic) bond motifs is 2. The second-order valence-electron chi connectivity index (χ2n) is 14.4. The summed E-state index contributed by atoms with van der Waals surface area (Å²) in [6.07, 6.45) is 9.42. The van der Waals surface area contributed by atoms with Crippen molar-refractivity contribution in [3.05, 3.63) is 77.6 Å². The van der Waals surface area contributed by atoms with E-state index in [1.165, 1.54) is 12.8 Å². The molecule has 2 aliphatic heterocycles. The highest BCUT2D eigenvalue weighted by Gasteiger charge is 2.37. The number of carbonyl (C=O) groups is 3. The number of anilines is 1. The van der Waals surface area contributed by atoms with Gasteiger partial charge in [-0.25, -0.2) is 0 Å². The lowest BCUT2D eigenvalue weighted by Gasteiger charge is -2.35. The van der Waals surface area contributed by atoms with Crippen molar-refractivity contribution in [2.24, 2.45) is 23.3 Å². The van der Waals surface area contributed by atoms with Gasteiger partial charge in [0.05, 0.1) is 0 Å². The van der Waals surface area contributed by atoms with Crippen molar-refractivity contribution >= 4 is 35.8 Å². The van der Waals surface area contributed by atoms with Crippen LogP contribution in [0.25, 0.3) is 22.5 Å². The number of nitrogens with one attached hydrogen (secondary N) is 3. The number of carbonyl (C=O) groups excluding carboxylic acids is 3. The number of hydrogen-bond acceptors (Lipinski definition) is 9. The van der Waals surface area contributed by atoms with Crippen LogP contribution in [-0.4, -0.2) is 74.0 Å². The SMILES string of the molecule is Cc1cc(C(=O)NC2C[C@H]3CC[C@@H](C2)N3)ncc1-c1ccc(C[C@@H](C(N)=O)N(C(=O)C2CCC(CN)CC2)c2ccc(-c3nn[nH]n3)cc2)cc1.Cl. The second kappa shape index (κ2) is 16.3. The van der Waals surface area contributed by atoms with Crippen molar-refractivity contribution in [1.29, 1.82) is 0 Å². The third-order valence-corrected chi connectivity index (χ3v) is 11.0. The number of nitrogens with two attached hydrogens (primary N) is 2. The van der Waals surface area contributed by atoms with Gasteiger partial charge < -0.3 is 22.1 Å². The van der Waals surface area contributed by atoms with Crippen LogP contribution in [0, 0.1) is 18.8 Å². The van der Waals surface area contributed by atoms with Gasteiger partial charge in [-0.15, -0.1) is 22.6 Å². The van der Waals surface area contributed by atoms with E-state index in [0.29, 0.717) is 54.6 Å². The monoisotopic (exact) mass is 726 g/mol. The molecule has 4 aromatic rings. The van der Waals surface area contributed by atoms with Crippen molar-refractivity contribution in [2.45, 2.75) is 88.9 Å². The first-order chi connectivity index (χ1) is 24.7. The van der Waals surface area contributed by atoms with Gasteiger partial charge in [-0.3, -0.25) is 24.3 Å². The maximum atomic E-state index is 14.2. The Balaban J connectivity index is 0.00000464. The number of pyridine rings is 1. The van der Waals surface area contributed by atoms with E-state index in [2.05, 4.69) is 36.2 Å². The summed E-state index contributed by atoms with van der Waals surface area (Å²) in [5, 5.41) is 21.0. The van der Waals surface area contributed by atoms with Crippen molar-refractivity contribution < 1.29 is 14.4 Å². The fourth-order valence-corrected chi connectivity index (χ4v) is 8.14. The van der Waals surface area contributed by atoms with Gasteiger partial charge in [-0.1, -0.05) is 24.3 Å². The third-order valence-electron chi connectivity index (χ3n) is 11.0. The van der Waals surface area contributed by atoms with Crippen LogP contribution in [0.4, 0.5) is 5.69 Å². The molecule has 52 heavy (non-hydrogen) atoms. The van der Waals surface area contributed by atoms with Gasteiger partial charge in [0.25, 0.3) is 5.91 Å². The molecule has 1 saturated carbocycles. The Kier molecular flexibility index (Phi) is 11.6. The summed E-state index contributed by atoms with van der Waals surface area (Å²) < 4.78 is 0. The Morgan fingerprint density at radius 1 is 0.942 bits per heavy atom. The Bertz CT molecular complexity index is 1830. The van der Waals surface area contributed by atoms with Crippen LogP contribution in [-0.2, 0) is 16.0 Å². The van der Waals surface area contributed by atoms with Crippen LogP contribution in [0.2, 0.25) is 0 Å². The molecule has 1 unspecified atom stereocenters. The first-order valence-corrected chi connectivity index (χ1v) is 18.0. The van der Waals surface area contributed by atoms with Crippen LogP contribution in [0.3, 0.4) is 0 Å². The predicted molar refractivity (Wildman–Crippen MR) is 200 cm³/mol. The topological polar surface area (TPSA) is 198 Å². The molecule has 3 aliphatic rings. The van der Waals surface area contributed by atoms with E-state index in [1.54, 1.807) is 35.4 Å². The van der Waals surface area contributed by atoms with E-state index < -0.39 is 11.9 Å². The quantitative estimate of drug-likeness (QED) is 0.152. The van der Waals surface area contributed by atoms with Gasteiger partial charge in [0.2, 0.25) is 17.6 Å². The average Bonchev–Trinajstić information content (AvgIpc) is 3.81. The highest BCUT2D eigenvalue weighted by molar-refractivity contribution is 6.02. The fourth-order valence-electron chi connectivity index (χ4n) is 8.14. The minimum Gasteiger partial charge on any atom is -0.368 e. The summed E-state index contributed by atoms with van der Waals surface area (Å²) in [5.74, 6) is -0.237. The number of primary amides is 1. The molecule has 2 bridgehead atoms. The number of benzene rings is 2. The van der Waals surface area contributed by atoms with E-state index in [4.69, 9.17) is 11.5 Å². The zero-order valence-electron chi connectivity index (χ0n) is 29.3. The molecule has 0 radical (unpaired) electrons. The number of aromatic nitrogens is 5. The zero-order valence-corrected chi connectivity index (χ0v) is 30.1. The Morgan fingerprint density at radius 2 is 1.62 bits per heavy atom. The van der Waals surface area contributed by atoms with E-state index in [1.807, 2.05) is 37.3 Å². The molecule has 7 N–H and O–H groups in total. The van der Waals surface area contributed by atoms with E-state index >= 15 is 0 Å². The van der Waals surface area contributed by atoms with Gasteiger partial charge in [0.1, 0.15) is 11.7 Å². The molecule has 3 fully saturated rings. The lowest BCUT2D eigenvalue weighted by Crippen LogP contribution is -2.52. The Labute approximate surface area is 309 Å². The molecule has 3 amide bonds. The zero-order chi connectivity index (χ0) is 35.5. The van der Waals surface area contributed by atoms with E-state index in [-0.39, 0.29) is 42.6 Å². The van der Waals surface area contributed by atoms with Gasteiger partial charge in [-0.2, -0.15) is 5.21 Å². The first kappa shape index (κ1) is 37.1. The van der Waals surface area contributed by atoms with Gasteiger partial charge >= 0.3 is 0 Å². The molecular formula is C38H47ClN10O3. The fraction of sp³-hybridized carbons (Fsp3) is 0.447. The van der Waals surface area contributed by atoms with Crippen LogP contribution in [0.5, 0.6) is 0 Å². The van der Waals surface area contributed by atoms with Crippen LogP contribution in [0.15, 0.2) is 60.8 Å². The molecule has 274 valence electrons. The summed E-state index contributed by atoms with van der Waals surface area (Å²) in [6, 6.07) is 17.1. The molecule has 2 aromatic carbocycles. The lowest BCUT2D eigenvalue weighted by molar-refractivity contribution is -0.127. The number of piperidine rings is 1. The highest BCUT2D eigenvalue weighted by Crippen LogP contribution is 2.33. The van der Waals surface area contributed by atoms with Crippen LogP contribution < -0.4 is 27.0 Å². The average molecular weight is 727 g/mol. The molecular weight excluding hydrogens is 680 g/mol. The molecule has 13 nitrogen and oxygen atoms in total. The predicted octanol–water partition coefficient (Wildman–Crippen LogP) is 3.87. The van der Waals surface area contributed by atoms with E-state index in [9.17, 15) is 14.4 Å². The first-order valence-electron chi connectivity index (χ1n) is 18.0. The van der Waals surface area contributed by atoms with Crippen molar-refractivity contribution in [1.82, 2.24) is 36.2 Å². The maximum absolute atomic E-state index is 14.2. The molecule has 0 spiro atoms. The van der Waals surface area contributed by atoms with E-state index in [0.717, 1.165) is 53.5 Å². The number of tetrazole rings is 1. The number of halogens is 1. The molecule has 4 atom stereocenters. The number of aryl methyl sites for hydroxylation is 1. The normalized spacial score (nSPS) is 22.9. The number of H-pyrrole nitrogens is 1. The maximum Gasteiger partial charge on any atom is 0.270 e. The highest BCUT2D eigenvalue weighted by atomic mass is 35.5. The summed E-state index contributed by atoms with van der Waals surface area (Å²) in [6.45, 7) is 2.58. The summed E-state index contributed by atoms with van der Waals surface area (Å²) in [7, 11) is 0. The summed E-state index contributed by atoms with van der Waals surface area (Å²) >= 11 is 0. The van der Waals surface area contributed by atoms with Crippen LogP contribution in [0.1, 0.15) is 73.0 Å². The second-order valence-corrected chi connectivity index (χ2v) is 14.4. The van der Waals surface area contributed by atoms with Gasteiger partial charge in [0, 0.05) is 53.5 Å². The number of nitrogens with zero attached hydrogens (tertiary/aromatic N) is 5. The van der Waals surface area contributed by atoms with Gasteiger partial charge in [0.15, 0.2) is 0 Å². The van der Waals surface area contributed by atoms with Crippen LogP contribution >= 0.6 is 12.4 Å². The molecule has 4 heterocycles. The third kappa shape index (κ3) is 8.16. The van der Waals surface area contributed by atoms with Crippen molar-refractivity contribution in [3.63, 3.8) is 0 Å². The van der Waals surface area contributed by atoms with Gasteiger partial charge in [-0.05, 0) is 123 Å². The Hall–Kier alpha value is -4.72. The summed E-state index contributed by atoms with van der Waals surface area (Å²) in [5.41, 5.74) is 17.3. The largest absolute Gasteiger partial charge is 0.368 e. The molecule has 14 heteroatoms.